The lowest BCUT2D eigenvalue weighted by molar-refractivity contribution is -0.137. The average Bonchev–Trinajstić information content (AvgIpc) is 2.27. The van der Waals surface area contributed by atoms with Crippen LogP contribution in [0.15, 0.2) is 24.3 Å². The van der Waals surface area contributed by atoms with Gasteiger partial charge in [0.25, 0.3) is 0 Å². The van der Waals surface area contributed by atoms with Gasteiger partial charge in [-0.1, -0.05) is 37.6 Å². The van der Waals surface area contributed by atoms with Gasteiger partial charge in [0.1, 0.15) is 0 Å². The molecule has 88 valence electrons. The van der Waals surface area contributed by atoms with Crippen molar-refractivity contribution in [3.63, 3.8) is 0 Å². The van der Waals surface area contributed by atoms with Crippen molar-refractivity contribution in [2.75, 3.05) is 0 Å². The fourth-order valence-corrected chi connectivity index (χ4v) is 1.62. The number of benzene rings is 1. The summed E-state index contributed by atoms with van der Waals surface area (Å²) in [6.45, 7) is 2.12. The molecule has 3 heteroatoms. The van der Waals surface area contributed by atoms with Crippen LogP contribution in [-0.4, -0.2) is 16.2 Å². The molecular weight excluding hydrogens is 204 g/mol. The molecule has 0 saturated heterocycles. The standard InChI is InChI=1S/C13H18O3/c1-2-3-10-4-6-11(7-5-10)12(14)8-9-13(15)16/h4-7,12,14H,2-3,8-9H2,1H3,(H,15,16). The minimum absolute atomic E-state index is 0.00211. The fourth-order valence-electron chi connectivity index (χ4n) is 1.62. The van der Waals surface area contributed by atoms with Crippen molar-refractivity contribution in [2.45, 2.75) is 38.7 Å². The van der Waals surface area contributed by atoms with E-state index < -0.39 is 12.1 Å². The lowest BCUT2D eigenvalue weighted by Crippen LogP contribution is -2.02. The number of aliphatic hydroxyl groups is 1. The second-order valence-corrected chi connectivity index (χ2v) is 3.94. The SMILES string of the molecule is CCCc1ccc(C(O)CCC(=O)O)cc1. The molecule has 1 rings (SSSR count). The van der Waals surface area contributed by atoms with Crippen molar-refractivity contribution in [3.05, 3.63) is 35.4 Å². The zero-order valence-corrected chi connectivity index (χ0v) is 9.52. The number of aryl methyl sites for hydroxylation is 1. The second-order valence-electron chi connectivity index (χ2n) is 3.94. The highest BCUT2D eigenvalue weighted by Crippen LogP contribution is 2.19. The summed E-state index contributed by atoms with van der Waals surface area (Å²) in [6.07, 6.45) is 1.72. The van der Waals surface area contributed by atoms with Crippen LogP contribution in [0.3, 0.4) is 0 Å². The van der Waals surface area contributed by atoms with Crippen LogP contribution in [0.4, 0.5) is 0 Å². The summed E-state index contributed by atoms with van der Waals surface area (Å²) in [6, 6.07) is 7.72. The van der Waals surface area contributed by atoms with E-state index in [0.29, 0.717) is 0 Å². The molecule has 0 fully saturated rings. The van der Waals surface area contributed by atoms with Crippen molar-refractivity contribution in [1.29, 1.82) is 0 Å². The summed E-state index contributed by atoms with van der Waals surface area (Å²) >= 11 is 0. The highest BCUT2D eigenvalue weighted by atomic mass is 16.4. The number of carbonyl (C=O) groups is 1. The quantitative estimate of drug-likeness (QED) is 0.777. The molecule has 0 radical (unpaired) electrons. The van der Waals surface area contributed by atoms with Gasteiger partial charge < -0.3 is 10.2 Å². The fraction of sp³-hybridized carbons (Fsp3) is 0.462. The van der Waals surface area contributed by atoms with E-state index in [1.54, 1.807) is 0 Å². The van der Waals surface area contributed by atoms with Crippen molar-refractivity contribution in [1.82, 2.24) is 0 Å². The smallest absolute Gasteiger partial charge is 0.303 e. The van der Waals surface area contributed by atoms with Gasteiger partial charge in [0, 0.05) is 6.42 Å². The number of hydrogen-bond acceptors (Lipinski definition) is 2. The Morgan fingerprint density at radius 2 is 1.94 bits per heavy atom. The Hall–Kier alpha value is -1.35. The third-order valence-electron chi connectivity index (χ3n) is 2.53. The molecule has 0 bridgehead atoms. The topological polar surface area (TPSA) is 57.5 Å². The van der Waals surface area contributed by atoms with Gasteiger partial charge in [0.15, 0.2) is 0 Å². The predicted molar refractivity (Wildman–Crippen MR) is 62.3 cm³/mol. The molecule has 0 saturated carbocycles. The average molecular weight is 222 g/mol. The number of aliphatic hydroxyl groups excluding tert-OH is 1. The minimum Gasteiger partial charge on any atom is -0.481 e. The maximum Gasteiger partial charge on any atom is 0.303 e. The monoisotopic (exact) mass is 222 g/mol. The normalized spacial score (nSPS) is 12.4. The Morgan fingerprint density at radius 1 is 1.31 bits per heavy atom. The highest BCUT2D eigenvalue weighted by Gasteiger charge is 2.09. The van der Waals surface area contributed by atoms with Gasteiger partial charge >= 0.3 is 5.97 Å². The third kappa shape index (κ3) is 4.03. The van der Waals surface area contributed by atoms with E-state index in [4.69, 9.17) is 5.11 Å². The van der Waals surface area contributed by atoms with Crippen molar-refractivity contribution in [2.24, 2.45) is 0 Å². The third-order valence-corrected chi connectivity index (χ3v) is 2.53. The van der Waals surface area contributed by atoms with Gasteiger partial charge in [0.05, 0.1) is 6.10 Å². The van der Waals surface area contributed by atoms with E-state index in [1.165, 1.54) is 5.56 Å². The molecule has 3 nitrogen and oxygen atoms in total. The molecule has 1 unspecified atom stereocenters. The van der Waals surface area contributed by atoms with Crippen LogP contribution in [0, 0.1) is 0 Å². The summed E-state index contributed by atoms with van der Waals surface area (Å²) < 4.78 is 0. The molecular formula is C13H18O3. The van der Waals surface area contributed by atoms with Gasteiger partial charge in [-0.15, -0.1) is 0 Å². The summed E-state index contributed by atoms with van der Waals surface area (Å²) in [7, 11) is 0. The first-order valence-corrected chi connectivity index (χ1v) is 5.62. The van der Waals surface area contributed by atoms with E-state index in [2.05, 4.69) is 6.92 Å². The summed E-state index contributed by atoms with van der Waals surface area (Å²) in [5.74, 6) is -0.873. The second kappa shape index (κ2) is 6.28. The van der Waals surface area contributed by atoms with E-state index in [-0.39, 0.29) is 12.8 Å². The predicted octanol–water partition coefficient (Wildman–Crippen LogP) is 2.54. The molecule has 1 atom stereocenters. The Balaban J connectivity index is 2.55. The van der Waals surface area contributed by atoms with E-state index >= 15 is 0 Å². The summed E-state index contributed by atoms with van der Waals surface area (Å²) in [4.78, 5) is 10.4. The summed E-state index contributed by atoms with van der Waals surface area (Å²) in [5, 5.41) is 18.2. The van der Waals surface area contributed by atoms with E-state index in [0.717, 1.165) is 18.4 Å². The maximum absolute atomic E-state index is 10.4. The molecule has 2 N–H and O–H groups in total. The van der Waals surface area contributed by atoms with Crippen LogP contribution in [0.2, 0.25) is 0 Å². The van der Waals surface area contributed by atoms with Crippen molar-refractivity contribution < 1.29 is 15.0 Å². The molecule has 0 spiro atoms. The van der Waals surface area contributed by atoms with Crippen LogP contribution in [0.25, 0.3) is 0 Å². The molecule has 1 aromatic carbocycles. The Kier molecular flexibility index (Phi) is 4.99. The number of carboxylic acid groups (broad SMARTS) is 1. The van der Waals surface area contributed by atoms with E-state index in [9.17, 15) is 9.90 Å². The number of aliphatic carboxylic acids is 1. The minimum atomic E-state index is -0.873. The Morgan fingerprint density at radius 3 is 2.44 bits per heavy atom. The Bertz CT molecular complexity index is 330. The van der Waals surface area contributed by atoms with Crippen LogP contribution in [-0.2, 0) is 11.2 Å². The molecule has 0 heterocycles. The Labute approximate surface area is 95.7 Å². The molecule has 0 aliphatic heterocycles. The van der Waals surface area contributed by atoms with Gasteiger partial charge in [-0.2, -0.15) is 0 Å². The maximum atomic E-state index is 10.4. The van der Waals surface area contributed by atoms with Gasteiger partial charge in [-0.05, 0) is 24.0 Å². The first-order chi connectivity index (χ1) is 7.63. The van der Waals surface area contributed by atoms with Crippen LogP contribution in [0.1, 0.15) is 43.4 Å². The lowest BCUT2D eigenvalue weighted by Gasteiger charge is -2.10. The molecule has 0 aliphatic rings. The molecule has 0 amide bonds. The van der Waals surface area contributed by atoms with Gasteiger partial charge in [-0.3, -0.25) is 4.79 Å². The summed E-state index contributed by atoms with van der Waals surface area (Å²) in [5.41, 5.74) is 2.04. The number of rotatable bonds is 6. The molecule has 16 heavy (non-hydrogen) atoms. The first-order valence-electron chi connectivity index (χ1n) is 5.62. The zero-order valence-electron chi connectivity index (χ0n) is 9.52. The molecule has 1 aromatic rings. The van der Waals surface area contributed by atoms with Crippen LogP contribution >= 0.6 is 0 Å². The van der Waals surface area contributed by atoms with E-state index in [1.807, 2.05) is 24.3 Å². The zero-order chi connectivity index (χ0) is 12.0. The highest BCUT2D eigenvalue weighted by molar-refractivity contribution is 5.66. The lowest BCUT2D eigenvalue weighted by atomic mass is 10.0. The first kappa shape index (κ1) is 12.7. The van der Waals surface area contributed by atoms with Gasteiger partial charge in [-0.25, -0.2) is 0 Å². The van der Waals surface area contributed by atoms with Crippen LogP contribution in [0.5, 0.6) is 0 Å². The van der Waals surface area contributed by atoms with Crippen molar-refractivity contribution >= 4 is 5.97 Å². The molecule has 0 aromatic heterocycles. The van der Waals surface area contributed by atoms with Crippen molar-refractivity contribution in [3.8, 4) is 0 Å². The number of hydrogen-bond donors (Lipinski definition) is 2. The van der Waals surface area contributed by atoms with Crippen LogP contribution < -0.4 is 0 Å². The largest absolute Gasteiger partial charge is 0.481 e. The number of carboxylic acids is 1. The van der Waals surface area contributed by atoms with Gasteiger partial charge in [0.2, 0.25) is 0 Å². The molecule has 0 aliphatic carbocycles.